The summed E-state index contributed by atoms with van der Waals surface area (Å²) in [5.74, 6) is 0. The van der Waals surface area contributed by atoms with Crippen molar-refractivity contribution < 1.29 is 23.4 Å². The molecular weight excluding hydrogens is 394 g/mol. The summed E-state index contributed by atoms with van der Waals surface area (Å²) in [6, 6.07) is 7.96. The van der Waals surface area contributed by atoms with Gasteiger partial charge in [-0.3, -0.25) is 9.88 Å². The van der Waals surface area contributed by atoms with Crippen molar-refractivity contribution in [3.8, 4) is 0 Å². The van der Waals surface area contributed by atoms with Gasteiger partial charge in [0.05, 0.1) is 18.7 Å². The molecule has 0 unspecified atom stereocenters. The van der Waals surface area contributed by atoms with Crippen LogP contribution in [0.4, 0.5) is 4.79 Å². The van der Waals surface area contributed by atoms with Crippen LogP contribution in [0, 0.1) is 0 Å². The lowest BCUT2D eigenvalue weighted by Gasteiger charge is -2.33. The topological polar surface area (TPSA) is 113 Å². The molecule has 3 aromatic rings. The zero-order valence-electron chi connectivity index (χ0n) is 16.4. The lowest BCUT2D eigenvalue weighted by atomic mass is 10.0. The van der Waals surface area contributed by atoms with E-state index in [1.165, 1.54) is 35.6 Å². The highest BCUT2D eigenvalue weighted by Gasteiger charge is 2.29. The molecule has 0 aliphatic rings. The molecule has 1 amide bonds. The molecule has 0 bridgehead atoms. The van der Waals surface area contributed by atoms with Gasteiger partial charge in [-0.05, 0) is 50.1 Å². The summed E-state index contributed by atoms with van der Waals surface area (Å²) in [5, 5.41) is 19.7. The van der Waals surface area contributed by atoms with Crippen LogP contribution in [0.3, 0.4) is 0 Å². The molecule has 0 aliphatic heterocycles. The Morgan fingerprint density at radius 1 is 1.24 bits per heavy atom. The minimum absolute atomic E-state index is 0.0172. The van der Waals surface area contributed by atoms with Crippen LogP contribution in [0.5, 0.6) is 0 Å². The number of fused-ring (bicyclic) bond motifs is 1. The molecule has 3 rings (SSSR count). The monoisotopic (exact) mass is 417 g/mol. The van der Waals surface area contributed by atoms with Crippen molar-refractivity contribution in [2.24, 2.45) is 0 Å². The molecule has 154 valence electrons. The number of aliphatic hydroxyl groups excluding tert-OH is 1. The SMILES string of the molecule is CC(C)(C)N(Cc1cn(S(=O)(=O)c2cccnc2)c2cc(CO)ccc12)C(=O)O. The van der Waals surface area contributed by atoms with Crippen LogP contribution in [-0.4, -0.2) is 44.1 Å². The lowest BCUT2D eigenvalue weighted by molar-refractivity contribution is 0.0958. The standard InChI is InChI=1S/C20H23N3O5S/c1-20(2,3)22(19(25)26)11-15-12-23(18-9-14(13-24)6-7-17(15)18)29(27,28)16-5-4-8-21-10-16/h4-10,12,24H,11,13H2,1-3H3,(H,25,26). The minimum atomic E-state index is -3.95. The molecule has 2 heterocycles. The largest absolute Gasteiger partial charge is 0.465 e. The smallest absolute Gasteiger partial charge is 0.408 e. The Hall–Kier alpha value is -2.91. The van der Waals surface area contributed by atoms with Crippen LogP contribution in [0.25, 0.3) is 10.9 Å². The van der Waals surface area contributed by atoms with E-state index in [4.69, 9.17) is 0 Å². The summed E-state index contributed by atoms with van der Waals surface area (Å²) in [7, 11) is -3.95. The van der Waals surface area contributed by atoms with Gasteiger partial charge in [0.2, 0.25) is 0 Å². The summed E-state index contributed by atoms with van der Waals surface area (Å²) in [6.07, 6.45) is 3.09. The number of aliphatic hydroxyl groups is 1. The first kappa shape index (κ1) is 20.8. The molecule has 0 aliphatic carbocycles. The van der Waals surface area contributed by atoms with Gasteiger partial charge in [-0.15, -0.1) is 0 Å². The average molecular weight is 417 g/mol. The fourth-order valence-electron chi connectivity index (χ4n) is 3.11. The number of pyridine rings is 1. The van der Waals surface area contributed by atoms with Crippen molar-refractivity contribution in [3.05, 3.63) is 60.0 Å². The van der Waals surface area contributed by atoms with Crippen molar-refractivity contribution in [1.82, 2.24) is 13.9 Å². The van der Waals surface area contributed by atoms with E-state index in [0.29, 0.717) is 22.0 Å². The summed E-state index contributed by atoms with van der Waals surface area (Å²) in [6.45, 7) is 5.10. The summed E-state index contributed by atoms with van der Waals surface area (Å²) < 4.78 is 27.5. The second kappa shape index (κ2) is 7.49. The Labute approximate surface area is 169 Å². The van der Waals surface area contributed by atoms with Gasteiger partial charge in [-0.2, -0.15) is 0 Å². The fraction of sp³-hybridized carbons (Fsp3) is 0.300. The van der Waals surface area contributed by atoms with Crippen LogP contribution in [-0.2, 0) is 23.2 Å². The molecule has 0 spiro atoms. The number of benzene rings is 1. The van der Waals surface area contributed by atoms with E-state index in [-0.39, 0.29) is 18.0 Å². The second-order valence-corrected chi connectivity index (χ2v) is 9.51. The van der Waals surface area contributed by atoms with Crippen LogP contribution in [0.1, 0.15) is 31.9 Å². The van der Waals surface area contributed by atoms with Crippen LogP contribution >= 0.6 is 0 Å². The van der Waals surface area contributed by atoms with Gasteiger partial charge in [0.15, 0.2) is 0 Å². The predicted molar refractivity (Wildman–Crippen MR) is 108 cm³/mol. The molecular formula is C20H23N3O5S. The second-order valence-electron chi connectivity index (χ2n) is 7.69. The van der Waals surface area contributed by atoms with E-state index in [0.717, 1.165) is 3.97 Å². The van der Waals surface area contributed by atoms with Crippen molar-refractivity contribution in [3.63, 3.8) is 0 Å². The lowest BCUT2D eigenvalue weighted by Crippen LogP contribution is -2.44. The summed E-state index contributed by atoms with van der Waals surface area (Å²) >= 11 is 0. The molecule has 0 saturated carbocycles. The van der Waals surface area contributed by atoms with Crippen molar-refractivity contribution in [1.29, 1.82) is 0 Å². The molecule has 29 heavy (non-hydrogen) atoms. The first-order valence-corrected chi connectivity index (χ1v) is 10.4. The Morgan fingerprint density at radius 2 is 1.97 bits per heavy atom. The molecule has 0 fully saturated rings. The minimum Gasteiger partial charge on any atom is -0.465 e. The first-order valence-electron chi connectivity index (χ1n) is 8.95. The van der Waals surface area contributed by atoms with E-state index in [1.807, 2.05) is 0 Å². The molecule has 1 aromatic carbocycles. The van der Waals surface area contributed by atoms with Crippen molar-refractivity contribution in [2.75, 3.05) is 0 Å². The van der Waals surface area contributed by atoms with E-state index in [2.05, 4.69) is 4.98 Å². The number of hydrogen-bond donors (Lipinski definition) is 2. The van der Waals surface area contributed by atoms with E-state index >= 15 is 0 Å². The highest BCUT2D eigenvalue weighted by atomic mass is 32.2. The maximum absolute atomic E-state index is 13.2. The Bertz CT molecular complexity index is 1150. The van der Waals surface area contributed by atoms with Gasteiger partial charge >= 0.3 is 6.09 Å². The Balaban J connectivity index is 2.23. The fourth-order valence-corrected chi connectivity index (χ4v) is 4.46. The quantitative estimate of drug-likeness (QED) is 0.660. The normalized spacial score (nSPS) is 12.3. The number of amides is 1. The van der Waals surface area contributed by atoms with Gasteiger partial charge in [0, 0.05) is 29.5 Å². The molecule has 9 heteroatoms. The number of nitrogens with zero attached hydrogens (tertiary/aromatic N) is 3. The third kappa shape index (κ3) is 3.96. The summed E-state index contributed by atoms with van der Waals surface area (Å²) in [5.41, 5.74) is 0.799. The third-order valence-electron chi connectivity index (χ3n) is 4.66. The van der Waals surface area contributed by atoms with E-state index < -0.39 is 21.7 Å². The van der Waals surface area contributed by atoms with Gasteiger partial charge in [0.1, 0.15) is 4.90 Å². The molecule has 0 saturated heterocycles. The number of carboxylic acid groups (broad SMARTS) is 1. The van der Waals surface area contributed by atoms with Gasteiger partial charge in [-0.25, -0.2) is 17.2 Å². The zero-order chi connectivity index (χ0) is 21.4. The van der Waals surface area contributed by atoms with E-state index in [1.54, 1.807) is 39.0 Å². The van der Waals surface area contributed by atoms with Crippen molar-refractivity contribution >= 4 is 27.0 Å². The van der Waals surface area contributed by atoms with Crippen molar-refractivity contribution in [2.45, 2.75) is 44.4 Å². The van der Waals surface area contributed by atoms with Gasteiger partial charge < -0.3 is 10.2 Å². The number of carbonyl (C=O) groups is 1. The molecule has 0 atom stereocenters. The summed E-state index contributed by atoms with van der Waals surface area (Å²) in [4.78, 5) is 16.9. The predicted octanol–water partition coefficient (Wildman–Crippen LogP) is 3.04. The Morgan fingerprint density at radius 3 is 2.52 bits per heavy atom. The number of aromatic nitrogens is 2. The van der Waals surface area contributed by atoms with Crippen LogP contribution in [0.15, 0.2) is 53.8 Å². The van der Waals surface area contributed by atoms with E-state index in [9.17, 15) is 23.4 Å². The van der Waals surface area contributed by atoms with Crippen LogP contribution in [0.2, 0.25) is 0 Å². The maximum atomic E-state index is 13.2. The maximum Gasteiger partial charge on any atom is 0.408 e. The highest BCUT2D eigenvalue weighted by molar-refractivity contribution is 7.90. The third-order valence-corrected chi connectivity index (χ3v) is 6.32. The van der Waals surface area contributed by atoms with Crippen LogP contribution < -0.4 is 0 Å². The zero-order valence-corrected chi connectivity index (χ0v) is 17.2. The number of rotatable bonds is 5. The van der Waals surface area contributed by atoms with Gasteiger partial charge in [0.25, 0.3) is 10.0 Å². The molecule has 2 aromatic heterocycles. The van der Waals surface area contributed by atoms with Gasteiger partial charge in [-0.1, -0.05) is 12.1 Å². The Kier molecular flexibility index (Phi) is 5.38. The number of hydrogen-bond acceptors (Lipinski definition) is 5. The molecule has 0 radical (unpaired) electrons. The average Bonchev–Trinajstić information content (AvgIpc) is 3.04. The highest BCUT2D eigenvalue weighted by Crippen LogP contribution is 2.29. The molecule has 2 N–H and O–H groups in total. The first-order chi connectivity index (χ1) is 13.6. The molecule has 8 nitrogen and oxygen atoms in total.